The standard InChI is InChI=1S/C14H20N2O2/c15-9-12-3-1-2-4-13(12)16-14(17)7-8-18-10-11-5-6-11/h1-4,11H,5-10,15H2,(H,16,17). The molecule has 1 aliphatic carbocycles. The fourth-order valence-electron chi connectivity index (χ4n) is 1.73. The highest BCUT2D eigenvalue weighted by atomic mass is 16.5. The van der Waals surface area contributed by atoms with Crippen molar-refractivity contribution in [2.24, 2.45) is 11.7 Å². The van der Waals surface area contributed by atoms with Gasteiger partial charge in [-0.2, -0.15) is 0 Å². The van der Waals surface area contributed by atoms with Crippen LogP contribution in [0.5, 0.6) is 0 Å². The van der Waals surface area contributed by atoms with Crippen LogP contribution in [0.2, 0.25) is 0 Å². The van der Waals surface area contributed by atoms with E-state index in [0.29, 0.717) is 19.6 Å². The van der Waals surface area contributed by atoms with Crippen LogP contribution in [-0.4, -0.2) is 19.1 Å². The highest BCUT2D eigenvalue weighted by molar-refractivity contribution is 5.91. The molecule has 1 aromatic carbocycles. The lowest BCUT2D eigenvalue weighted by atomic mass is 10.2. The van der Waals surface area contributed by atoms with Gasteiger partial charge in [0.1, 0.15) is 0 Å². The van der Waals surface area contributed by atoms with E-state index in [1.807, 2.05) is 24.3 Å². The molecule has 0 aromatic heterocycles. The maximum atomic E-state index is 11.7. The Labute approximate surface area is 108 Å². The van der Waals surface area contributed by atoms with Gasteiger partial charge >= 0.3 is 0 Å². The Morgan fingerprint density at radius 2 is 2.17 bits per heavy atom. The van der Waals surface area contributed by atoms with E-state index in [0.717, 1.165) is 23.8 Å². The maximum absolute atomic E-state index is 11.7. The quantitative estimate of drug-likeness (QED) is 0.724. The zero-order valence-corrected chi connectivity index (χ0v) is 10.5. The van der Waals surface area contributed by atoms with Crippen molar-refractivity contribution in [3.8, 4) is 0 Å². The van der Waals surface area contributed by atoms with E-state index < -0.39 is 0 Å². The van der Waals surface area contributed by atoms with Crippen molar-refractivity contribution in [3.05, 3.63) is 29.8 Å². The van der Waals surface area contributed by atoms with Gasteiger partial charge < -0.3 is 15.8 Å². The second kappa shape index (κ2) is 6.52. The maximum Gasteiger partial charge on any atom is 0.226 e. The van der Waals surface area contributed by atoms with E-state index >= 15 is 0 Å². The van der Waals surface area contributed by atoms with Crippen molar-refractivity contribution in [2.75, 3.05) is 18.5 Å². The van der Waals surface area contributed by atoms with Crippen LogP contribution in [0.15, 0.2) is 24.3 Å². The summed E-state index contributed by atoms with van der Waals surface area (Å²) in [7, 11) is 0. The van der Waals surface area contributed by atoms with Gasteiger partial charge in [0, 0.05) is 18.8 Å². The van der Waals surface area contributed by atoms with Gasteiger partial charge in [0.2, 0.25) is 5.91 Å². The first-order valence-corrected chi connectivity index (χ1v) is 6.45. The Balaban J connectivity index is 1.71. The van der Waals surface area contributed by atoms with Gasteiger partial charge in [-0.3, -0.25) is 4.79 Å². The van der Waals surface area contributed by atoms with Crippen molar-refractivity contribution < 1.29 is 9.53 Å². The normalized spacial score (nSPS) is 14.5. The molecule has 3 N–H and O–H groups in total. The lowest BCUT2D eigenvalue weighted by Gasteiger charge is -2.09. The summed E-state index contributed by atoms with van der Waals surface area (Å²) >= 11 is 0. The van der Waals surface area contributed by atoms with Gasteiger partial charge in [0.05, 0.1) is 13.0 Å². The Kier molecular flexibility index (Phi) is 4.73. The molecule has 1 saturated carbocycles. The van der Waals surface area contributed by atoms with Crippen molar-refractivity contribution in [1.29, 1.82) is 0 Å². The Morgan fingerprint density at radius 1 is 1.39 bits per heavy atom. The molecule has 1 fully saturated rings. The summed E-state index contributed by atoms with van der Waals surface area (Å²) < 4.78 is 5.44. The van der Waals surface area contributed by atoms with E-state index in [1.165, 1.54) is 12.8 Å². The van der Waals surface area contributed by atoms with Crippen molar-refractivity contribution >= 4 is 11.6 Å². The number of nitrogens with two attached hydrogens (primary N) is 1. The third-order valence-corrected chi connectivity index (χ3v) is 3.04. The van der Waals surface area contributed by atoms with Gasteiger partial charge in [-0.25, -0.2) is 0 Å². The molecule has 0 atom stereocenters. The summed E-state index contributed by atoms with van der Waals surface area (Å²) in [6.07, 6.45) is 2.94. The molecule has 0 radical (unpaired) electrons. The van der Waals surface area contributed by atoms with Gasteiger partial charge in [-0.1, -0.05) is 18.2 Å². The van der Waals surface area contributed by atoms with Crippen LogP contribution < -0.4 is 11.1 Å². The highest BCUT2D eigenvalue weighted by Crippen LogP contribution is 2.28. The van der Waals surface area contributed by atoms with Crippen LogP contribution in [-0.2, 0) is 16.1 Å². The molecular weight excluding hydrogens is 228 g/mol. The second-order valence-corrected chi connectivity index (χ2v) is 4.68. The number of carbonyl (C=O) groups excluding carboxylic acids is 1. The van der Waals surface area contributed by atoms with Crippen molar-refractivity contribution in [3.63, 3.8) is 0 Å². The van der Waals surface area contributed by atoms with E-state index in [1.54, 1.807) is 0 Å². The summed E-state index contributed by atoms with van der Waals surface area (Å²) in [4.78, 5) is 11.7. The zero-order valence-electron chi connectivity index (χ0n) is 10.5. The predicted octanol–water partition coefficient (Wildman–Crippen LogP) is 1.90. The molecule has 1 amide bonds. The molecule has 2 rings (SSSR count). The number of nitrogens with one attached hydrogen (secondary N) is 1. The number of ether oxygens (including phenoxy) is 1. The van der Waals surface area contributed by atoms with Crippen LogP contribution >= 0.6 is 0 Å². The minimum atomic E-state index is -0.0216. The summed E-state index contributed by atoms with van der Waals surface area (Å²) in [5, 5.41) is 2.87. The van der Waals surface area contributed by atoms with E-state index in [9.17, 15) is 4.79 Å². The number of rotatable bonds is 7. The number of benzene rings is 1. The fourth-order valence-corrected chi connectivity index (χ4v) is 1.73. The molecule has 0 unspecified atom stereocenters. The Bertz CT molecular complexity index is 403. The summed E-state index contributed by atoms with van der Waals surface area (Å²) in [6.45, 7) is 1.72. The molecular formula is C14H20N2O2. The largest absolute Gasteiger partial charge is 0.381 e. The van der Waals surface area contributed by atoms with Crippen LogP contribution in [0.3, 0.4) is 0 Å². The number of anilines is 1. The lowest BCUT2D eigenvalue weighted by molar-refractivity contribution is -0.117. The molecule has 0 bridgehead atoms. The van der Waals surface area contributed by atoms with E-state index in [-0.39, 0.29) is 5.91 Å². The summed E-state index contributed by atoms with van der Waals surface area (Å²) in [6, 6.07) is 7.58. The number of hydrogen-bond donors (Lipinski definition) is 2. The lowest BCUT2D eigenvalue weighted by Crippen LogP contribution is -2.16. The SMILES string of the molecule is NCc1ccccc1NC(=O)CCOCC1CC1. The first-order valence-electron chi connectivity index (χ1n) is 6.45. The fraction of sp³-hybridized carbons (Fsp3) is 0.500. The number of carbonyl (C=O) groups is 1. The average Bonchev–Trinajstić information content (AvgIpc) is 3.19. The molecule has 0 spiro atoms. The molecule has 4 nitrogen and oxygen atoms in total. The number of amides is 1. The first kappa shape index (κ1) is 13.1. The molecule has 4 heteroatoms. The third kappa shape index (κ3) is 4.13. The van der Waals surface area contributed by atoms with Gasteiger partial charge in [-0.15, -0.1) is 0 Å². The van der Waals surface area contributed by atoms with Gasteiger partial charge in [-0.05, 0) is 30.4 Å². The predicted molar refractivity (Wildman–Crippen MR) is 71.1 cm³/mol. The summed E-state index contributed by atoms with van der Waals surface area (Å²) in [5.74, 6) is 0.720. The highest BCUT2D eigenvalue weighted by Gasteiger charge is 2.21. The van der Waals surface area contributed by atoms with Crippen LogP contribution in [0, 0.1) is 5.92 Å². The molecule has 18 heavy (non-hydrogen) atoms. The smallest absolute Gasteiger partial charge is 0.226 e. The van der Waals surface area contributed by atoms with E-state index in [4.69, 9.17) is 10.5 Å². The zero-order chi connectivity index (χ0) is 12.8. The molecule has 1 aromatic rings. The monoisotopic (exact) mass is 248 g/mol. The van der Waals surface area contributed by atoms with Crippen LogP contribution in [0.25, 0.3) is 0 Å². The number of para-hydroxylation sites is 1. The first-order chi connectivity index (χ1) is 8.79. The van der Waals surface area contributed by atoms with Crippen LogP contribution in [0.1, 0.15) is 24.8 Å². The second-order valence-electron chi connectivity index (χ2n) is 4.68. The Hall–Kier alpha value is -1.39. The summed E-state index contributed by atoms with van der Waals surface area (Å²) in [5.41, 5.74) is 7.36. The molecule has 98 valence electrons. The third-order valence-electron chi connectivity index (χ3n) is 3.04. The molecule has 1 aliphatic rings. The molecule has 0 aliphatic heterocycles. The average molecular weight is 248 g/mol. The minimum Gasteiger partial charge on any atom is -0.381 e. The molecule has 0 heterocycles. The van der Waals surface area contributed by atoms with Crippen molar-refractivity contribution in [2.45, 2.75) is 25.8 Å². The van der Waals surface area contributed by atoms with Crippen LogP contribution in [0.4, 0.5) is 5.69 Å². The van der Waals surface area contributed by atoms with E-state index in [2.05, 4.69) is 5.32 Å². The number of hydrogen-bond acceptors (Lipinski definition) is 3. The topological polar surface area (TPSA) is 64.3 Å². The van der Waals surface area contributed by atoms with Crippen molar-refractivity contribution in [1.82, 2.24) is 0 Å². The van der Waals surface area contributed by atoms with Gasteiger partial charge in [0.15, 0.2) is 0 Å². The minimum absolute atomic E-state index is 0.0216. The van der Waals surface area contributed by atoms with Gasteiger partial charge in [0.25, 0.3) is 0 Å². The Morgan fingerprint density at radius 3 is 2.89 bits per heavy atom. The molecule has 0 saturated heterocycles.